The van der Waals surface area contributed by atoms with Gasteiger partial charge in [0.15, 0.2) is 0 Å². The molecule has 0 aromatic carbocycles. The van der Waals surface area contributed by atoms with Gasteiger partial charge in [0.05, 0.1) is 0 Å². The van der Waals surface area contributed by atoms with Crippen molar-refractivity contribution in [2.45, 2.75) is 33.3 Å². The zero-order valence-electron chi connectivity index (χ0n) is 9.44. The fourth-order valence-electron chi connectivity index (χ4n) is 0.430. The largest absolute Gasteiger partial charge is 2.00 e. The van der Waals surface area contributed by atoms with Crippen molar-refractivity contribution in [2.75, 3.05) is 0 Å². The Morgan fingerprint density at radius 3 is 1.86 bits per heavy atom. The van der Waals surface area contributed by atoms with Crippen LogP contribution >= 0.6 is 0 Å². The molecule has 0 heterocycles. The summed E-state index contributed by atoms with van der Waals surface area (Å²) in [5.41, 5.74) is -0.889. The van der Waals surface area contributed by atoms with Crippen molar-refractivity contribution in [2.24, 2.45) is 5.41 Å². The van der Waals surface area contributed by atoms with Crippen molar-refractivity contribution in [1.29, 1.82) is 0 Å². The van der Waals surface area contributed by atoms with Crippen LogP contribution in [-0.2, 0) is 9.53 Å². The van der Waals surface area contributed by atoms with Crippen LogP contribution < -0.4 is 0 Å². The SMILES string of the molecule is C=C(C)C(=O)OC([CH2-])(C)C([CH2-])(C)C.[U+2]. The molecule has 0 radical (unpaired) electrons. The Balaban J connectivity index is 0. The van der Waals surface area contributed by atoms with Gasteiger partial charge in [-0.1, -0.05) is 27.4 Å². The van der Waals surface area contributed by atoms with E-state index in [0.717, 1.165) is 0 Å². The molecule has 0 saturated carbocycles. The van der Waals surface area contributed by atoms with Crippen molar-refractivity contribution in [3.8, 4) is 0 Å². The second-order valence-corrected chi connectivity index (χ2v) is 4.28. The van der Waals surface area contributed by atoms with E-state index in [1.165, 1.54) is 0 Å². The molecule has 0 N–H and O–H groups in total. The second-order valence-electron chi connectivity index (χ2n) is 4.28. The molecule has 78 valence electrons. The molecule has 0 aliphatic carbocycles. The van der Waals surface area contributed by atoms with Gasteiger partial charge in [-0.25, -0.2) is 4.79 Å². The molecular formula is C11H18O2U. The standard InChI is InChI=1S/C11H18O2.U/c1-8(2)9(12)13-11(6,7)10(3,4)5;/h1,3,6H2,2,4-5,7H3;/q-2;+2. The van der Waals surface area contributed by atoms with Crippen LogP contribution in [0.25, 0.3) is 0 Å². The van der Waals surface area contributed by atoms with Crippen LogP contribution in [0.3, 0.4) is 0 Å². The summed E-state index contributed by atoms with van der Waals surface area (Å²) in [6.45, 7) is 18.3. The van der Waals surface area contributed by atoms with Gasteiger partial charge in [0.25, 0.3) is 0 Å². The Bertz CT molecular complexity index is 224. The van der Waals surface area contributed by atoms with E-state index in [9.17, 15) is 4.79 Å². The van der Waals surface area contributed by atoms with E-state index in [1.54, 1.807) is 13.8 Å². The molecule has 0 aromatic rings. The molecule has 0 spiro atoms. The topological polar surface area (TPSA) is 26.3 Å². The first-order valence-corrected chi connectivity index (χ1v) is 4.17. The van der Waals surface area contributed by atoms with Crippen LogP contribution in [0.2, 0.25) is 0 Å². The van der Waals surface area contributed by atoms with Gasteiger partial charge in [-0.2, -0.15) is 5.41 Å². The molecule has 0 aromatic heterocycles. The first-order valence-electron chi connectivity index (χ1n) is 4.17. The Morgan fingerprint density at radius 2 is 1.64 bits per heavy atom. The van der Waals surface area contributed by atoms with Crippen LogP contribution in [0.5, 0.6) is 0 Å². The minimum Gasteiger partial charge on any atom is -0.491 e. The Kier molecular flexibility index (Phi) is 6.40. The zero-order chi connectivity index (χ0) is 10.9. The zero-order valence-corrected chi connectivity index (χ0v) is 13.6. The fourth-order valence-corrected chi connectivity index (χ4v) is 0.430. The van der Waals surface area contributed by atoms with Gasteiger partial charge in [0.1, 0.15) is 0 Å². The number of rotatable bonds is 3. The van der Waals surface area contributed by atoms with E-state index < -0.39 is 17.0 Å². The third-order valence-corrected chi connectivity index (χ3v) is 2.10. The molecule has 2 nitrogen and oxygen atoms in total. The number of carbonyl (C=O) groups is 1. The van der Waals surface area contributed by atoms with Crippen LogP contribution in [-0.4, -0.2) is 11.6 Å². The first-order chi connectivity index (χ1) is 5.58. The van der Waals surface area contributed by atoms with Crippen LogP contribution in [0.1, 0.15) is 27.7 Å². The van der Waals surface area contributed by atoms with Crippen LogP contribution in [0, 0.1) is 50.4 Å². The van der Waals surface area contributed by atoms with Gasteiger partial charge in [-0.15, -0.1) is 0 Å². The molecule has 0 bridgehead atoms. The summed E-state index contributed by atoms with van der Waals surface area (Å²) in [5.74, 6) is -0.422. The van der Waals surface area contributed by atoms with Gasteiger partial charge < -0.3 is 18.6 Å². The molecule has 14 heavy (non-hydrogen) atoms. The first kappa shape index (κ1) is 16.7. The normalized spacial score (nSPS) is 15.0. The maximum absolute atomic E-state index is 11.2. The molecule has 0 amide bonds. The minimum absolute atomic E-state index is 0. The summed E-state index contributed by atoms with van der Waals surface area (Å²) in [4.78, 5) is 11.2. The summed E-state index contributed by atoms with van der Waals surface area (Å²) in [7, 11) is 0. The van der Waals surface area contributed by atoms with E-state index >= 15 is 0 Å². The molecule has 0 saturated heterocycles. The third-order valence-electron chi connectivity index (χ3n) is 2.10. The average molecular weight is 420 g/mol. The predicted molar refractivity (Wildman–Crippen MR) is 53.8 cm³/mol. The van der Waals surface area contributed by atoms with Gasteiger partial charge in [0.2, 0.25) is 0 Å². The molecule has 1 unspecified atom stereocenters. The Morgan fingerprint density at radius 1 is 1.29 bits per heavy atom. The Labute approximate surface area is 111 Å². The van der Waals surface area contributed by atoms with Crippen molar-refractivity contribution < 1.29 is 40.6 Å². The predicted octanol–water partition coefficient (Wildman–Crippen LogP) is 2.56. The molecular weight excluding hydrogens is 402 g/mol. The van der Waals surface area contributed by atoms with Crippen LogP contribution in [0.4, 0.5) is 0 Å². The van der Waals surface area contributed by atoms with E-state index in [-0.39, 0.29) is 31.1 Å². The van der Waals surface area contributed by atoms with Gasteiger partial charge in [-0.05, 0) is 12.5 Å². The number of carbonyl (C=O) groups excluding carboxylic acids is 1. The van der Waals surface area contributed by atoms with E-state index in [2.05, 4.69) is 20.4 Å². The monoisotopic (exact) mass is 420 g/mol. The molecule has 1 atom stereocenters. The van der Waals surface area contributed by atoms with Crippen LogP contribution in [0.15, 0.2) is 12.2 Å². The van der Waals surface area contributed by atoms with Gasteiger partial charge in [0, 0.05) is 5.57 Å². The van der Waals surface area contributed by atoms with Gasteiger partial charge >= 0.3 is 37.1 Å². The van der Waals surface area contributed by atoms with Gasteiger partial charge in [-0.3, -0.25) is 0 Å². The molecule has 0 aliphatic rings. The van der Waals surface area contributed by atoms with Crippen molar-refractivity contribution >= 4 is 5.97 Å². The van der Waals surface area contributed by atoms with E-state index in [4.69, 9.17) is 4.74 Å². The summed E-state index contributed by atoms with van der Waals surface area (Å²) >= 11 is 0. The summed E-state index contributed by atoms with van der Waals surface area (Å²) < 4.78 is 5.15. The van der Waals surface area contributed by atoms with Crippen molar-refractivity contribution in [3.05, 3.63) is 26.0 Å². The maximum Gasteiger partial charge on any atom is 2.00 e. The smallest absolute Gasteiger partial charge is 0.491 e. The number of hydrogen-bond acceptors (Lipinski definition) is 2. The third kappa shape index (κ3) is 4.66. The number of esters is 1. The minimum atomic E-state index is -0.830. The summed E-state index contributed by atoms with van der Waals surface area (Å²) in [5, 5.41) is 0. The maximum atomic E-state index is 11.2. The molecule has 0 rings (SSSR count). The fraction of sp³-hybridized carbons (Fsp3) is 0.545. The molecule has 3 heteroatoms. The Hall–Kier alpha value is 0.262. The average Bonchev–Trinajstić information content (AvgIpc) is 1.83. The van der Waals surface area contributed by atoms with E-state index in [0.29, 0.717) is 5.57 Å². The number of hydrogen-bond donors (Lipinski definition) is 0. The quantitative estimate of drug-likeness (QED) is 0.399. The summed E-state index contributed by atoms with van der Waals surface area (Å²) in [6.07, 6.45) is 0. The number of ether oxygens (including phenoxy) is 1. The van der Waals surface area contributed by atoms with E-state index in [1.807, 2.05) is 13.8 Å². The van der Waals surface area contributed by atoms with Crippen molar-refractivity contribution in [1.82, 2.24) is 0 Å². The van der Waals surface area contributed by atoms with Crippen molar-refractivity contribution in [3.63, 3.8) is 0 Å². The molecule has 0 fully saturated rings. The molecule has 0 aliphatic heterocycles. The summed E-state index contributed by atoms with van der Waals surface area (Å²) in [6, 6.07) is 0. The second kappa shape index (κ2) is 5.37.